The summed E-state index contributed by atoms with van der Waals surface area (Å²) in [5.74, 6) is 0. The van der Waals surface area contributed by atoms with Crippen LogP contribution in [0.3, 0.4) is 0 Å². The van der Waals surface area contributed by atoms with Gasteiger partial charge in [-0.3, -0.25) is 4.68 Å². The second kappa shape index (κ2) is 6.17. The van der Waals surface area contributed by atoms with Gasteiger partial charge in [0, 0.05) is 31.5 Å². The molecule has 1 fully saturated rings. The fourth-order valence-corrected chi connectivity index (χ4v) is 2.49. The zero-order valence-electron chi connectivity index (χ0n) is 10.9. The Morgan fingerprint density at radius 2 is 2.47 bits per heavy atom. The van der Waals surface area contributed by atoms with Crippen LogP contribution in [-0.2, 0) is 11.8 Å². The molecule has 1 aromatic rings. The summed E-state index contributed by atoms with van der Waals surface area (Å²) < 4.78 is 7.62. The van der Waals surface area contributed by atoms with Crippen molar-refractivity contribution in [2.45, 2.75) is 44.2 Å². The highest BCUT2D eigenvalue weighted by molar-refractivity contribution is 5.09. The smallest absolute Gasteiger partial charge is 0.0575 e. The van der Waals surface area contributed by atoms with Gasteiger partial charge in [0.25, 0.3) is 0 Å². The first-order chi connectivity index (χ1) is 8.29. The van der Waals surface area contributed by atoms with Gasteiger partial charge in [0.2, 0.25) is 0 Å². The maximum absolute atomic E-state index is 5.77. The first-order valence-corrected chi connectivity index (χ1v) is 6.57. The fraction of sp³-hybridized carbons (Fsp3) is 0.769. The van der Waals surface area contributed by atoms with E-state index in [1.807, 2.05) is 25.0 Å². The third kappa shape index (κ3) is 3.54. The van der Waals surface area contributed by atoms with Gasteiger partial charge in [0.1, 0.15) is 0 Å². The van der Waals surface area contributed by atoms with Crippen LogP contribution in [-0.4, -0.2) is 29.5 Å². The van der Waals surface area contributed by atoms with Crippen LogP contribution >= 0.6 is 0 Å². The van der Waals surface area contributed by atoms with E-state index in [0.717, 1.165) is 19.4 Å². The monoisotopic (exact) mass is 237 g/mol. The minimum absolute atomic E-state index is 0.397. The Morgan fingerprint density at radius 3 is 3.06 bits per heavy atom. The van der Waals surface area contributed by atoms with E-state index < -0.39 is 0 Å². The van der Waals surface area contributed by atoms with Crippen LogP contribution in [0.5, 0.6) is 0 Å². The van der Waals surface area contributed by atoms with Crippen molar-refractivity contribution in [2.24, 2.45) is 7.05 Å². The average Bonchev–Trinajstić information content (AvgIpc) is 2.78. The molecule has 2 unspecified atom stereocenters. The first kappa shape index (κ1) is 12.6. The predicted molar refractivity (Wildman–Crippen MR) is 67.8 cm³/mol. The van der Waals surface area contributed by atoms with E-state index in [1.54, 1.807) is 0 Å². The summed E-state index contributed by atoms with van der Waals surface area (Å²) in [6.45, 7) is 0.946. The normalized spacial score (nSPS) is 22.6. The highest BCUT2D eigenvalue weighted by Gasteiger charge is 2.17. The van der Waals surface area contributed by atoms with E-state index >= 15 is 0 Å². The molecule has 2 atom stereocenters. The summed E-state index contributed by atoms with van der Waals surface area (Å²) in [4.78, 5) is 0. The molecule has 2 rings (SSSR count). The average molecular weight is 237 g/mol. The third-order valence-electron chi connectivity index (χ3n) is 3.53. The Balaban J connectivity index is 1.82. The lowest BCUT2D eigenvalue weighted by molar-refractivity contribution is 0.00866. The Hall–Kier alpha value is -0.870. The van der Waals surface area contributed by atoms with Crippen LogP contribution < -0.4 is 5.32 Å². The molecule has 1 aromatic heterocycles. The van der Waals surface area contributed by atoms with E-state index in [2.05, 4.69) is 16.6 Å². The number of nitrogens with one attached hydrogen (secondary N) is 1. The van der Waals surface area contributed by atoms with Crippen molar-refractivity contribution in [3.8, 4) is 0 Å². The van der Waals surface area contributed by atoms with Gasteiger partial charge >= 0.3 is 0 Å². The number of nitrogens with zero attached hydrogens (tertiary/aromatic N) is 2. The Labute approximate surface area is 103 Å². The molecule has 1 aliphatic heterocycles. The van der Waals surface area contributed by atoms with E-state index in [1.165, 1.54) is 24.8 Å². The molecule has 0 bridgehead atoms. The predicted octanol–water partition coefficient (Wildman–Crippen LogP) is 2.03. The summed E-state index contributed by atoms with van der Waals surface area (Å²) in [5, 5.41) is 7.59. The fourth-order valence-electron chi connectivity index (χ4n) is 2.49. The molecule has 96 valence electrons. The van der Waals surface area contributed by atoms with Crippen molar-refractivity contribution >= 4 is 0 Å². The van der Waals surface area contributed by atoms with E-state index in [4.69, 9.17) is 4.74 Å². The van der Waals surface area contributed by atoms with Crippen LogP contribution in [0.25, 0.3) is 0 Å². The maximum atomic E-state index is 5.77. The standard InChI is InChI=1S/C13H23N3O/c1-14-13(11-9-15-16(2)10-11)7-6-12-5-3-4-8-17-12/h9-10,12-14H,3-8H2,1-2H3. The molecule has 1 saturated heterocycles. The van der Waals surface area contributed by atoms with Crippen molar-refractivity contribution in [1.82, 2.24) is 15.1 Å². The molecule has 1 aliphatic rings. The van der Waals surface area contributed by atoms with E-state index in [-0.39, 0.29) is 0 Å². The molecular weight excluding hydrogens is 214 g/mol. The lowest BCUT2D eigenvalue weighted by Gasteiger charge is -2.24. The zero-order valence-corrected chi connectivity index (χ0v) is 10.9. The van der Waals surface area contributed by atoms with Crippen LogP contribution in [0.1, 0.15) is 43.7 Å². The first-order valence-electron chi connectivity index (χ1n) is 6.57. The van der Waals surface area contributed by atoms with Crippen molar-refractivity contribution in [1.29, 1.82) is 0 Å². The Bertz CT molecular complexity index is 331. The molecule has 0 saturated carbocycles. The lowest BCUT2D eigenvalue weighted by atomic mass is 9.99. The molecule has 4 nitrogen and oxygen atoms in total. The second-order valence-corrected chi connectivity index (χ2v) is 4.85. The van der Waals surface area contributed by atoms with E-state index in [0.29, 0.717) is 12.1 Å². The highest BCUT2D eigenvalue weighted by atomic mass is 16.5. The summed E-state index contributed by atoms with van der Waals surface area (Å²) in [6.07, 6.45) is 10.5. The highest BCUT2D eigenvalue weighted by Crippen LogP contribution is 2.23. The summed E-state index contributed by atoms with van der Waals surface area (Å²) in [5.41, 5.74) is 1.27. The van der Waals surface area contributed by atoms with Gasteiger partial charge in [-0.25, -0.2) is 0 Å². The van der Waals surface area contributed by atoms with Crippen molar-refractivity contribution in [3.63, 3.8) is 0 Å². The molecule has 17 heavy (non-hydrogen) atoms. The molecule has 1 N–H and O–H groups in total. The summed E-state index contributed by atoms with van der Waals surface area (Å²) in [6, 6.07) is 0.397. The second-order valence-electron chi connectivity index (χ2n) is 4.85. The topological polar surface area (TPSA) is 39.1 Å². The van der Waals surface area contributed by atoms with Crippen LogP contribution in [0, 0.1) is 0 Å². The molecule has 0 radical (unpaired) electrons. The quantitative estimate of drug-likeness (QED) is 0.851. The van der Waals surface area contributed by atoms with Crippen molar-refractivity contribution in [3.05, 3.63) is 18.0 Å². The Morgan fingerprint density at radius 1 is 1.59 bits per heavy atom. The molecule has 0 aromatic carbocycles. The summed E-state index contributed by atoms with van der Waals surface area (Å²) >= 11 is 0. The molecule has 4 heteroatoms. The van der Waals surface area contributed by atoms with Gasteiger partial charge in [-0.2, -0.15) is 5.10 Å². The Kier molecular flexibility index (Phi) is 4.57. The SMILES string of the molecule is CNC(CCC1CCCCO1)c1cnn(C)c1. The summed E-state index contributed by atoms with van der Waals surface area (Å²) in [7, 11) is 3.97. The number of ether oxygens (including phenoxy) is 1. The molecular formula is C13H23N3O. The van der Waals surface area contributed by atoms with Crippen LogP contribution in [0.2, 0.25) is 0 Å². The number of rotatable bonds is 5. The van der Waals surface area contributed by atoms with Crippen molar-refractivity contribution in [2.75, 3.05) is 13.7 Å². The van der Waals surface area contributed by atoms with Gasteiger partial charge < -0.3 is 10.1 Å². The largest absolute Gasteiger partial charge is 0.378 e. The number of aromatic nitrogens is 2. The zero-order chi connectivity index (χ0) is 12.1. The molecule has 0 spiro atoms. The van der Waals surface area contributed by atoms with E-state index in [9.17, 15) is 0 Å². The van der Waals surface area contributed by atoms with Crippen LogP contribution in [0.4, 0.5) is 0 Å². The van der Waals surface area contributed by atoms with Gasteiger partial charge in [-0.1, -0.05) is 0 Å². The molecule has 2 heterocycles. The number of aryl methyl sites for hydroxylation is 1. The number of hydrogen-bond donors (Lipinski definition) is 1. The number of hydrogen-bond acceptors (Lipinski definition) is 3. The van der Waals surface area contributed by atoms with Gasteiger partial charge in [0.15, 0.2) is 0 Å². The molecule has 0 amide bonds. The minimum Gasteiger partial charge on any atom is -0.378 e. The van der Waals surface area contributed by atoms with Gasteiger partial charge in [0.05, 0.1) is 12.3 Å². The minimum atomic E-state index is 0.397. The molecule has 0 aliphatic carbocycles. The third-order valence-corrected chi connectivity index (χ3v) is 3.53. The lowest BCUT2D eigenvalue weighted by Crippen LogP contribution is -2.22. The maximum Gasteiger partial charge on any atom is 0.0575 e. The van der Waals surface area contributed by atoms with Crippen molar-refractivity contribution < 1.29 is 4.74 Å². The van der Waals surface area contributed by atoms with Gasteiger partial charge in [-0.15, -0.1) is 0 Å². The van der Waals surface area contributed by atoms with Gasteiger partial charge in [-0.05, 0) is 39.2 Å². The van der Waals surface area contributed by atoms with Crippen LogP contribution in [0.15, 0.2) is 12.4 Å².